The van der Waals surface area contributed by atoms with E-state index in [4.69, 9.17) is 5.53 Å². The second-order valence-electron chi connectivity index (χ2n) is 4.32. The molecule has 2 rings (SSSR count). The molecule has 72 valence electrons. The number of fused-ring (bicyclic) bond motifs is 2. The quantitative estimate of drug-likeness (QED) is 0.404. The summed E-state index contributed by atoms with van der Waals surface area (Å²) in [6.45, 7) is 0.254. The number of hydrogen-bond acceptors (Lipinski definition) is 2. The second-order valence-corrected chi connectivity index (χ2v) is 4.32. The third-order valence-corrected chi connectivity index (χ3v) is 3.62. The maximum atomic E-state index is 9.74. The van der Waals surface area contributed by atoms with Gasteiger partial charge < -0.3 is 5.11 Å². The van der Waals surface area contributed by atoms with E-state index in [0.29, 0.717) is 11.8 Å². The summed E-state index contributed by atoms with van der Waals surface area (Å²) in [6, 6.07) is 0. The largest absolute Gasteiger partial charge is 0.393 e. The van der Waals surface area contributed by atoms with E-state index in [1.54, 1.807) is 0 Å². The molecule has 13 heavy (non-hydrogen) atoms. The van der Waals surface area contributed by atoms with Crippen LogP contribution < -0.4 is 0 Å². The van der Waals surface area contributed by atoms with E-state index in [0.717, 1.165) is 12.3 Å². The Hall–Kier alpha value is -0.730. The molecule has 4 atom stereocenters. The number of aliphatic hydroxyl groups is 1. The Morgan fingerprint density at radius 2 is 2.31 bits per heavy atom. The van der Waals surface area contributed by atoms with Crippen LogP contribution in [0.4, 0.5) is 0 Å². The van der Waals surface area contributed by atoms with E-state index in [9.17, 15) is 5.11 Å². The molecule has 2 bridgehead atoms. The lowest BCUT2D eigenvalue weighted by Gasteiger charge is -2.25. The first-order valence-corrected chi connectivity index (χ1v) is 5.00. The molecule has 0 radical (unpaired) electrons. The van der Waals surface area contributed by atoms with E-state index < -0.39 is 6.10 Å². The summed E-state index contributed by atoms with van der Waals surface area (Å²) in [5.41, 5.74) is 8.14. The van der Waals surface area contributed by atoms with Crippen molar-refractivity contribution >= 4 is 0 Å². The predicted octanol–water partition coefficient (Wildman–Crippen LogP) is 2.09. The van der Waals surface area contributed by atoms with Crippen LogP contribution in [0.15, 0.2) is 5.11 Å². The number of aliphatic hydroxyl groups excluding tert-OH is 1. The Bertz CT molecular complexity index is 237. The molecule has 3 unspecified atom stereocenters. The molecule has 0 aromatic heterocycles. The highest BCUT2D eigenvalue weighted by molar-refractivity contribution is 4.93. The van der Waals surface area contributed by atoms with Crippen LogP contribution >= 0.6 is 0 Å². The fraction of sp³-hybridized carbons (Fsp3) is 1.00. The Morgan fingerprint density at radius 3 is 2.85 bits per heavy atom. The highest BCUT2D eigenvalue weighted by atomic mass is 16.3. The molecule has 0 heterocycles. The minimum atomic E-state index is -0.397. The lowest BCUT2D eigenvalue weighted by molar-refractivity contribution is 0.0819. The van der Waals surface area contributed by atoms with Crippen molar-refractivity contribution in [3.05, 3.63) is 10.4 Å². The average Bonchev–Trinajstić information content (AvgIpc) is 2.74. The topological polar surface area (TPSA) is 69.0 Å². The fourth-order valence-corrected chi connectivity index (χ4v) is 3.02. The minimum Gasteiger partial charge on any atom is -0.393 e. The summed E-state index contributed by atoms with van der Waals surface area (Å²) in [5.74, 6) is 1.95. The molecule has 2 aliphatic carbocycles. The summed E-state index contributed by atoms with van der Waals surface area (Å²) in [6.07, 6.45) is 4.65. The highest BCUT2D eigenvalue weighted by Crippen LogP contribution is 2.49. The van der Waals surface area contributed by atoms with Crippen LogP contribution in [0.25, 0.3) is 10.4 Å². The third-order valence-electron chi connectivity index (χ3n) is 3.62. The van der Waals surface area contributed by atoms with E-state index in [1.807, 2.05) is 0 Å². The summed E-state index contributed by atoms with van der Waals surface area (Å²) >= 11 is 0. The predicted molar refractivity (Wildman–Crippen MR) is 49.0 cm³/mol. The summed E-state index contributed by atoms with van der Waals surface area (Å²) in [7, 11) is 0. The number of rotatable bonds is 3. The van der Waals surface area contributed by atoms with E-state index >= 15 is 0 Å². The fourth-order valence-electron chi connectivity index (χ4n) is 3.02. The zero-order chi connectivity index (χ0) is 9.26. The lowest BCUT2D eigenvalue weighted by Crippen LogP contribution is -2.27. The minimum absolute atomic E-state index is 0.254. The molecule has 0 aliphatic heterocycles. The van der Waals surface area contributed by atoms with Gasteiger partial charge in [0.15, 0.2) is 0 Å². The Labute approximate surface area is 77.6 Å². The molecule has 0 aromatic rings. The van der Waals surface area contributed by atoms with Crippen molar-refractivity contribution in [1.29, 1.82) is 0 Å². The molecular formula is C9H15N3O. The highest BCUT2D eigenvalue weighted by Gasteiger charge is 2.42. The molecular weight excluding hydrogens is 166 g/mol. The van der Waals surface area contributed by atoms with Crippen LogP contribution in [-0.4, -0.2) is 17.8 Å². The SMILES string of the molecule is [N-]=[N+]=NC[C@H](O)C1CC2CCC1C2. The maximum Gasteiger partial charge on any atom is 0.0627 e. The second kappa shape index (κ2) is 3.56. The van der Waals surface area contributed by atoms with Crippen LogP contribution in [0, 0.1) is 17.8 Å². The van der Waals surface area contributed by atoms with Crippen LogP contribution in [-0.2, 0) is 0 Å². The van der Waals surface area contributed by atoms with E-state index in [1.165, 1.54) is 19.3 Å². The van der Waals surface area contributed by atoms with Gasteiger partial charge in [-0.25, -0.2) is 0 Å². The molecule has 0 saturated heterocycles. The smallest absolute Gasteiger partial charge is 0.0627 e. The molecule has 0 spiro atoms. The molecule has 4 heteroatoms. The van der Waals surface area contributed by atoms with Crippen molar-refractivity contribution in [2.75, 3.05) is 6.54 Å². The van der Waals surface area contributed by atoms with Gasteiger partial charge in [-0.15, -0.1) is 0 Å². The Morgan fingerprint density at radius 1 is 1.46 bits per heavy atom. The van der Waals surface area contributed by atoms with Gasteiger partial charge in [0.05, 0.1) is 12.6 Å². The zero-order valence-corrected chi connectivity index (χ0v) is 7.63. The normalized spacial score (nSPS) is 38.7. The Balaban J connectivity index is 1.90. The van der Waals surface area contributed by atoms with E-state index in [-0.39, 0.29) is 6.54 Å². The van der Waals surface area contributed by atoms with Gasteiger partial charge in [-0.2, -0.15) is 0 Å². The van der Waals surface area contributed by atoms with Gasteiger partial charge in [-0.3, -0.25) is 0 Å². The first kappa shape index (κ1) is 8.85. The van der Waals surface area contributed by atoms with Gasteiger partial charge in [0.2, 0.25) is 0 Å². The number of nitrogens with zero attached hydrogens (tertiary/aromatic N) is 3. The van der Waals surface area contributed by atoms with Crippen LogP contribution in [0.1, 0.15) is 25.7 Å². The lowest BCUT2D eigenvalue weighted by atomic mass is 9.85. The Kier molecular flexibility index (Phi) is 2.42. The van der Waals surface area contributed by atoms with Crippen molar-refractivity contribution in [2.24, 2.45) is 22.9 Å². The van der Waals surface area contributed by atoms with Crippen molar-refractivity contribution < 1.29 is 5.11 Å². The summed E-state index contributed by atoms with van der Waals surface area (Å²) in [5, 5.41) is 13.2. The van der Waals surface area contributed by atoms with Gasteiger partial charge in [-0.05, 0) is 42.5 Å². The third kappa shape index (κ3) is 1.64. The van der Waals surface area contributed by atoms with E-state index in [2.05, 4.69) is 10.0 Å². The van der Waals surface area contributed by atoms with Crippen molar-refractivity contribution in [1.82, 2.24) is 0 Å². The summed E-state index contributed by atoms with van der Waals surface area (Å²) < 4.78 is 0. The first-order valence-electron chi connectivity index (χ1n) is 5.00. The van der Waals surface area contributed by atoms with Crippen molar-refractivity contribution in [3.8, 4) is 0 Å². The zero-order valence-electron chi connectivity index (χ0n) is 7.63. The standard InChI is InChI=1S/C9H15N3O/c10-12-11-5-9(13)8-4-6-1-2-7(8)3-6/h6-9,13H,1-5H2/t6?,7?,8?,9-/m0/s1. The molecule has 4 nitrogen and oxygen atoms in total. The monoisotopic (exact) mass is 181 g/mol. The van der Waals surface area contributed by atoms with Crippen LogP contribution in [0.5, 0.6) is 0 Å². The maximum absolute atomic E-state index is 9.74. The van der Waals surface area contributed by atoms with Gasteiger partial charge >= 0.3 is 0 Å². The molecule has 2 fully saturated rings. The molecule has 0 aromatic carbocycles. The molecule has 1 N–H and O–H groups in total. The van der Waals surface area contributed by atoms with Gasteiger partial charge in [0.1, 0.15) is 0 Å². The van der Waals surface area contributed by atoms with Gasteiger partial charge in [-0.1, -0.05) is 11.5 Å². The molecule has 2 aliphatic rings. The number of azide groups is 1. The van der Waals surface area contributed by atoms with Crippen LogP contribution in [0.3, 0.4) is 0 Å². The first-order chi connectivity index (χ1) is 6.31. The molecule has 2 saturated carbocycles. The average molecular weight is 181 g/mol. The molecule has 0 amide bonds. The van der Waals surface area contributed by atoms with Gasteiger partial charge in [0, 0.05) is 4.91 Å². The van der Waals surface area contributed by atoms with Crippen molar-refractivity contribution in [3.63, 3.8) is 0 Å². The van der Waals surface area contributed by atoms with Gasteiger partial charge in [0.25, 0.3) is 0 Å². The number of hydrogen-bond donors (Lipinski definition) is 1. The summed E-state index contributed by atoms with van der Waals surface area (Å²) in [4.78, 5) is 2.67. The van der Waals surface area contributed by atoms with Crippen molar-refractivity contribution in [2.45, 2.75) is 31.8 Å². The van der Waals surface area contributed by atoms with Crippen LogP contribution in [0.2, 0.25) is 0 Å².